The maximum Gasteiger partial charge on any atom is 0.227 e. The van der Waals surface area contributed by atoms with E-state index >= 15 is 0 Å². The molecule has 0 aliphatic carbocycles. The van der Waals surface area contributed by atoms with Crippen molar-refractivity contribution in [1.29, 1.82) is 0 Å². The second-order valence-electron chi connectivity index (χ2n) is 3.56. The number of aryl methyl sites for hydroxylation is 1. The van der Waals surface area contributed by atoms with Crippen molar-refractivity contribution in [3.63, 3.8) is 0 Å². The Morgan fingerprint density at radius 3 is 2.72 bits per heavy atom. The minimum absolute atomic E-state index is 0.265. The third-order valence-electron chi connectivity index (χ3n) is 2.19. The molecular formula is C12H9Cl3N2O. The number of rotatable bonds is 3. The highest BCUT2D eigenvalue weighted by Gasteiger charge is 2.10. The van der Waals surface area contributed by atoms with Crippen LogP contribution < -0.4 is 4.74 Å². The minimum Gasteiger partial charge on any atom is -0.437 e. The average Bonchev–Trinajstić information content (AvgIpc) is 2.33. The molecule has 1 aromatic carbocycles. The number of hydrogen-bond donors (Lipinski definition) is 0. The maximum atomic E-state index is 6.03. The molecule has 94 valence electrons. The lowest BCUT2D eigenvalue weighted by atomic mass is 10.3. The molecule has 3 nitrogen and oxygen atoms in total. The number of aromatic nitrogens is 2. The van der Waals surface area contributed by atoms with Gasteiger partial charge in [-0.05, 0) is 25.1 Å². The average molecular weight is 304 g/mol. The lowest BCUT2D eigenvalue weighted by Gasteiger charge is -2.10. The van der Waals surface area contributed by atoms with E-state index in [2.05, 4.69) is 9.97 Å². The third kappa shape index (κ3) is 3.05. The van der Waals surface area contributed by atoms with Gasteiger partial charge in [0.25, 0.3) is 0 Å². The Hall–Kier alpha value is -1.03. The quantitative estimate of drug-likeness (QED) is 0.776. The molecule has 0 radical (unpaired) electrons. The summed E-state index contributed by atoms with van der Waals surface area (Å²) in [5.41, 5.74) is 0.702. The van der Waals surface area contributed by atoms with Gasteiger partial charge in [0.15, 0.2) is 0 Å². The van der Waals surface area contributed by atoms with Crippen LogP contribution in [0.25, 0.3) is 0 Å². The van der Waals surface area contributed by atoms with Crippen molar-refractivity contribution < 1.29 is 4.74 Å². The van der Waals surface area contributed by atoms with Crippen molar-refractivity contribution >= 4 is 34.8 Å². The number of halogens is 3. The van der Waals surface area contributed by atoms with Crippen LogP contribution in [-0.2, 0) is 5.88 Å². The number of ether oxygens (including phenoxy) is 1. The van der Waals surface area contributed by atoms with Crippen LogP contribution in [0, 0.1) is 6.92 Å². The monoisotopic (exact) mass is 302 g/mol. The largest absolute Gasteiger partial charge is 0.437 e. The van der Waals surface area contributed by atoms with Crippen molar-refractivity contribution in [3.8, 4) is 11.6 Å². The molecule has 1 aromatic heterocycles. The number of hydrogen-bond acceptors (Lipinski definition) is 3. The van der Waals surface area contributed by atoms with E-state index in [1.54, 1.807) is 31.3 Å². The number of alkyl halides is 1. The first-order valence-electron chi connectivity index (χ1n) is 5.11. The molecule has 1 heterocycles. The minimum atomic E-state index is 0.265. The molecule has 2 aromatic rings. The van der Waals surface area contributed by atoms with Crippen LogP contribution >= 0.6 is 34.8 Å². The zero-order chi connectivity index (χ0) is 13.1. The van der Waals surface area contributed by atoms with E-state index in [9.17, 15) is 0 Å². The van der Waals surface area contributed by atoms with Crippen molar-refractivity contribution in [1.82, 2.24) is 9.97 Å². The molecule has 0 saturated heterocycles. The highest BCUT2D eigenvalue weighted by atomic mass is 35.5. The fourth-order valence-corrected chi connectivity index (χ4v) is 1.95. The number of nitrogens with zero attached hydrogens (tertiary/aromatic N) is 2. The predicted octanol–water partition coefficient (Wildman–Crippen LogP) is 4.62. The summed E-state index contributed by atoms with van der Waals surface area (Å²) in [5, 5.41) is 0.961. The third-order valence-corrected chi connectivity index (χ3v) is 3.01. The van der Waals surface area contributed by atoms with Gasteiger partial charge in [0, 0.05) is 16.8 Å². The maximum absolute atomic E-state index is 6.03. The lowest BCUT2D eigenvalue weighted by Crippen LogP contribution is -1.97. The highest BCUT2D eigenvalue weighted by molar-refractivity contribution is 6.35. The molecule has 0 aliphatic rings. The molecular weight excluding hydrogens is 295 g/mol. The van der Waals surface area contributed by atoms with E-state index in [4.69, 9.17) is 39.5 Å². The second-order valence-corrected chi connectivity index (χ2v) is 4.67. The van der Waals surface area contributed by atoms with Crippen molar-refractivity contribution in [2.75, 3.05) is 0 Å². The van der Waals surface area contributed by atoms with Gasteiger partial charge in [0.1, 0.15) is 11.6 Å². The molecule has 0 N–H and O–H groups in total. The SMILES string of the molecule is Cc1ncc(CCl)c(Oc2ccc(Cl)cc2Cl)n1. The Morgan fingerprint density at radius 2 is 2.06 bits per heavy atom. The predicted molar refractivity (Wildman–Crippen MR) is 72.9 cm³/mol. The molecule has 0 fully saturated rings. The summed E-state index contributed by atoms with van der Waals surface area (Å²) in [6, 6.07) is 4.98. The Balaban J connectivity index is 2.36. The Morgan fingerprint density at radius 1 is 1.28 bits per heavy atom. The summed E-state index contributed by atoms with van der Waals surface area (Å²) < 4.78 is 5.64. The summed E-state index contributed by atoms with van der Waals surface area (Å²) in [7, 11) is 0. The van der Waals surface area contributed by atoms with Crippen molar-refractivity contribution in [2.45, 2.75) is 12.8 Å². The normalized spacial score (nSPS) is 10.4. The van der Waals surface area contributed by atoms with Gasteiger partial charge in [-0.1, -0.05) is 23.2 Å². The first-order chi connectivity index (χ1) is 8.60. The van der Waals surface area contributed by atoms with E-state index in [1.165, 1.54) is 0 Å². The first-order valence-corrected chi connectivity index (χ1v) is 6.40. The lowest BCUT2D eigenvalue weighted by molar-refractivity contribution is 0.455. The van der Waals surface area contributed by atoms with Crippen LogP contribution in [0.5, 0.6) is 11.6 Å². The van der Waals surface area contributed by atoms with Crippen LogP contribution in [0.4, 0.5) is 0 Å². The van der Waals surface area contributed by atoms with Crippen LogP contribution in [0.15, 0.2) is 24.4 Å². The summed E-state index contributed by atoms with van der Waals surface area (Å²) >= 11 is 17.6. The second kappa shape index (κ2) is 5.74. The molecule has 0 atom stereocenters. The van der Waals surface area contributed by atoms with Gasteiger partial charge in [-0.15, -0.1) is 11.6 Å². The molecule has 0 amide bonds. The van der Waals surface area contributed by atoms with Gasteiger partial charge in [-0.2, -0.15) is 4.98 Å². The fourth-order valence-electron chi connectivity index (χ4n) is 1.32. The van der Waals surface area contributed by atoms with Crippen molar-refractivity contribution in [3.05, 3.63) is 45.8 Å². The van der Waals surface area contributed by atoms with Crippen LogP contribution in [-0.4, -0.2) is 9.97 Å². The Kier molecular flexibility index (Phi) is 4.27. The highest BCUT2D eigenvalue weighted by Crippen LogP contribution is 2.32. The number of benzene rings is 1. The molecule has 0 aliphatic heterocycles. The molecule has 6 heteroatoms. The van der Waals surface area contributed by atoms with Gasteiger partial charge in [0.05, 0.1) is 10.9 Å². The van der Waals surface area contributed by atoms with Crippen LogP contribution in [0.2, 0.25) is 10.0 Å². The zero-order valence-electron chi connectivity index (χ0n) is 9.45. The Labute approximate surface area is 120 Å². The van der Waals surface area contributed by atoms with E-state index in [1.807, 2.05) is 0 Å². The smallest absolute Gasteiger partial charge is 0.227 e. The Bertz CT molecular complexity index is 575. The topological polar surface area (TPSA) is 35.0 Å². The zero-order valence-corrected chi connectivity index (χ0v) is 11.7. The fraction of sp³-hybridized carbons (Fsp3) is 0.167. The van der Waals surface area contributed by atoms with E-state index in [0.29, 0.717) is 33.1 Å². The van der Waals surface area contributed by atoms with Gasteiger partial charge < -0.3 is 4.74 Å². The van der Waals surface area contributed by atoms with Crippen LogP contribution in [0.1, 0.15) is 11.4 Å². The molecule has 18 heavy (non-hydrogen) atoms. The molecule has 0 saturated carbocycles. The summed E-state index contributed by atoms with van der Waals surface area (Å²) in [6.45, 7) is 1.77. The van der Waals surface area contributed by atoms with Gasteiger partial charge in [0.2, 0.25) is 5.88 Å². The van der Waals surface area contributed by atoms with Gasteiger partial charge in [-0.3, -0.25) is 0 Å². The molecule has 0 unspecified atom stereocenters. The molecule has 0 spiro atoms. The summed E-state index contributed by atoms with van der Waals surface area (Å²) in [6.07, 6.45) is 1.63. The van der Waals surface area contributed by atoms with E-state index in [0.717, 1.165) is 0 Å². The molecule has 2 rings (SSSR count). The van der Waals surface area contributed by atoms with Gasteiger partial charge >= 0.3 is 0 Å². The van der Waals surface area contributed by atoms with Crippen LogP contribution in [0.3, 0.4) is 0 Å². The van der Waals surface area contributed by atoms with E-state index in [-0.39, 0.29) is 5.88 Å². The summed E-state index contributed by atoms with van der Waals surface area (Å²) in [5.74, 6) is 1.75. The van der Waals surface area contributed by atoms with E-state index < -0.39 is 0 Å². The molecule has 0 bridgehead atoms. The van der Waals surface area contributed by atoms with Crippen molar-refractivity contribution in [2.24, 2.45) is 0 Å². The first kappa shape index (κ1) is 13.4. The van der Waals surface area contributed by atoms with Gasteiger partial charge in [-0.25, -0.2) is 4.98 Å². The standard InChI is InChI=1S/C12H9Cl3N2O/c1-7-16-6-8(5-13)12(17-7)18-11-3-2-9(14)4-10(11)15/h2-4,6H,5H2,1H3. The summed E-state index contributed by atoms with van der Waals surface area (Å²) in [4.78, 5) is 8.25.